The molecule has 1 aromatic carbocycles. The van der Waals surface area contributed by atoms with Crippen molar-refractivity contribution in [2.24, 2.45) is 0 Å². The van der Waals surface area contributed by atoms with Crippen molar-refractivity contribution in [3.63, 3.8) is 0 Å². The number of hydrogen-bond acceptors (Lipinski definition) is 5. The van der Waals surface area contributed by atoms with Crippen LogP contribution < -0.4 is 0 Å². The molecule has 0 aliphatic heterocycles. The molecule has 2 aromatic heterocycles. The van der Waals surface area contributed by atoms with E-state index in [9.17, 15) is 9.90 Å². The Bertz CT molecular complexity index is 706. The van der Waals surface area contributed by atoms with Gasteiger partial charge in [0.05, 0.1) is 10.4 Å². The van der Waals surface area contributed by atoms with Gasteiger partial charge in [0.15, 0.2) is 5.69 Å². The molecule has 0 aliphatic rings. The van der Waals surface area contributed by atoms with Crippen LogP contribution in [0.25, 0.3) is 21.1 Å². The fourth-order valence-corrected chi connectivity index (χ4v) is 3.32. The Morgan fingerprint density at radius 3 is 2.63 bits per heavy atom. The Morgan fingerprint density at radius 1 is 1.21 bits per heavy atom. The third kappa shape index (κ3) is 2.27. The summed E-state index contributed by atoms with van der Waals surface area (Å²) in [5, 5.41) is 11.8. The number of thiazole rings is 2. The first-order valence-corrected chi connectivity index (χ1v) is 7.20. The van der Waals surface area contributed by atoms with Gasteiger partial charge < -0.3 is 5.11 Å². The maximum absolute atomic E-state index is 11.3. The molecule has 0 bridgehead atoms. The van der Waals surface area contributed by atoms with Crippen LogP contribution in [0.2, 0.25) is 0 Å². The fourth-order valence-electron chi connectivity index (χ4n) is 1.68. The third-order valence-electron chi connectivity index (χ3n) is 2.52. The maximum atomic E-state index is 11.3. The molecule has 0 fully saturated rings. The summed E-state index contributed by atoms with van der Waals surface area (Å²) < 4.78 is 0. The Labute approximate surface area is 117 Å². The van der Waals surface area contributed by atoms with Crippen LogP contribution in [0.3, 0.4) is 0 Å². The van der Waals surface area contributed by atoms with Crippen molar-refractivity contribution in [2.75, 3.05) is 0 Å². The van der Waals surface area contributed by atoms with Gasteiger partial charge in [-0.3, -0.25) is 0 Å². The van der Waals surface area contributed by atoms with Gasteiger partial charge in [-0.15, -0.1) is 22.7 Å². The second kappa shape index (κ2) is 4.91. The lowest BCUT2D eigenvalue weighted by atomic mass is 10.1. The number of hydrogen-bond donors (Lipinski definition) is 1. The molecule has 0 unspecified atom stereocenters. The number of carboxylic acid groups (broad SMARTS) is 1. The molecular formula is C13H8N2O2S2. The van der Waals surface area contributed by atoms with Crippen molar-refractivity contribution < 1.29 is 9.90 Å². The highest BCUT2D eigenvalue weighted by molar-refractivity contribution is 7.19. The zero-order valence-electron chi connectivity index (χ0n) is 9.61. The highest BCUT2D eigenvalue weighted by Crippen LogP contribution is 2.35. The number of benzene rings is 1. The van der Waals surface area contributed by atoms with Crippen molar-refractivity contribution in [1.82, 2.24) is 9.97 Å². The standard InChI is InChI=1S/C13H8N2O2S2/c16-13(17)10-11(8-4-2-1-3-5-8)19-12(15-10)9-6-18-7-14-9/h1-7H,(H,16,17). The lowest BCUT2D eigenvalue weighted by Gasteiger charge is -1.97. The molecular weight excluding hydrogens is 280 g/mol. The molecule has 6 heteroatoms. The van der Waals surface area contributed by atoms with Gasteiger partial charge in [0.1, 0.15) is 10.7 Å². The van der Waals surface area contributed by atoms with E-state index in [0.29, 0.717) is 9.88 Å². The first-order chi connectivity index (χ1) is 9.25. The van der Waals surface area contributed by atoms with E-state index in [-0.39, 0.29) is 5.69 Å². The first kappa shape index (κ1) is 12.0. The third-order valence-corrected chi connectivity index (χ3v) is 4.23. The largest absolute Gasteiger partial charge is 0.476 e. The van der Waals surface area contributed by atoms with Gasteiger partial charge in [-0.05, 0) is 5.56 Å². The van der Waals surface area contributed by atoms with Crippen LogP contribution in [0.4, 0.5) is 0 Å². The minimum Gasteiger partial charge on any atom is -0.476 e. The second-order valence-electron chi connectivity index (χ2n) is 3.74. The summed E-state index contributed by atoms with van der Waals surface area (Å²) in [5.74, 6) is -1.02. The predicted molar refractivity (Wildman–Crippen MR) is 75.6 cm³/mol. The molecule has 0 aliphatic carbocycles. The normalized spacial score (nSPS) is 10.5. The summed E-state index contributed by atoms with van der Waals surface area (Å²) in [7, 11) is 0. The van der Waals surface area contributed by atoms with E-state index < -0.39 is 5.97 Å². The molecule has 1 N–H and O–H groups in total. The van der Waals surface area contributed by atoms with Gasteiger partial charge in [-0.1, -0.05) is 30.3 Å². The number of rotatable bonds is 3. The summed E-state index contributed by atoms with van der Waals surface area (Å²) >= 11 is 2.81. The van der Waals surface area contributed by atoms with E-state index in [0.717, 1.165) is 11.3 Å². The molecule has 94 valence electrons. The van der Waals surface area contributed by atoms with Gasteiger partial charge >= 0.3 is 5.97 Å². The molecule has 19 heavy (non-hydrogen) atoms. The monoisotopic (exact) mass is 288 g/mol. The smallest absolute Gasteiger partial charge is 0.356 e. The molecule has 4 nitrogen and oxygen atoms in total. The Kier molecular flexibility index (Phi) is 3.10. The second-order valence-corrected chi connectivity index (χ2v) is 5.46. The molecule has 0 amide bonds. The van der Waals surface area contributed by atoms with Crippen molar-refractivity contribution in [1.29, 1.82) is 0 Å². The van der Waals surface area contributed by atoms with Crippen LogP contribution >= 0.6 is 22.7 Å². The first-order valence-electron chi connectivity index (χ1n) is 5.44. The SMILES string of the molecule is O=C(O)c1nc(-c2cscn2)sc1-c1ccccc1. The molecule has 3 rings (SSSR count). The molecule has 3 aromatic rings. The van der Waals surface area contributed by atoms with Gasteiger partial charge in [0, 0.05) is 5.38 Å². The van der Waals surface area contributed by atoms with Crippen molar-refractivity contribution in [2.45, 2.75) is 0 Å². The van der Waals surface area contributed by atoms with E-state index in [1.54, 1.807) is 5.51 Å². The quantitative estimate of drug-likeness (QED) is 0.799. The van der Waals surface area contributed by atoms with Gasteiger partial charge in [-0.25, -0.2) is 14.8 Å². The van der Waals surface area contributed by atoms with Crippen LogP contribution in [0, 0.1) is 0 Å². The Balaban J connectivity index is 2.16. The van der Waals surface area contributed by atoms with Crippen LogP contribution in [0.15, 0.2) is 41.2 Å². The highest BCUT2D eigenvalue weighted by atomic mass is 32.1. The predicted octanol–water partition coefficient (Wildman–Crippen LogP) is 3.63. The van der Waals surface area contributed by atoms with Crippen LogP contribution in [-0.4, -0.2) is 21.0 Å². The van der Waals surface area contributed by atoms with E-state index >= 15 is 0 Å². The van der Waals surface area contributed by atoms with E-state index in [1.807, 2.05) is 35.7 Å². The van der Waals surface area contributed by atoms with Crippen LogP contribution in [-0.2, 0) is 0 Å². The average molecular weight is 288 g/mol. The molecule has 0 saturated carbocycles. The van der Waals surface area contributed by atoms with Crippen molar-refractivity contribution in [3.05, 3.63) is 46.9 Å². The van der Waals surface area contributed by atoms with Gasteiger partial charge in [-0.2, -0.15) is 0 Å². The van der Waals surface area contributed by atoms with E-state index in [4.69, 9.17) is 0 Å². The Hall–Kier alpha value is -2.05. The maximum Gasteiger partial charge on any atom is 0.356 e. The highest BCUT2D eigenvalue weighted by Gasteiger charge is 2.20. The van der Waals surface area contributed by atoms with E-state index in [2.05, 4.69) is 9.97 Å². The van der Waals surface area contributed by atoms with Crippen molar-refractivity contribution in [3.8, 4) is 21.1 Å². The number of aromatic nitrogens is 2. The van der Waals surface area contributed by atoms with E-state index in [1.165, 1.54) is 22.7 Å². The molecule has 0 atom stereocenters. The molecule has 0 saturated heterocycles. The van der Waals surface area contributed by atoms with Crippen molar-refractivity contribution >= 4 is 28.6 Å². The fraction of sp³-hybridized carbons (Fsp3) is 0. The number of carbonyl (C=O) groups is 1. The lowest BCUT2D eigenvalue weighted by Crippen LogP contribution is -1.98. The summed E-state index contributed by atoms with van der Waals surface area (Å²) in [6.45, 7) is 0. The zero-order chi connectivity index (χ0) is 13.2. The molecule has 2 heterocycles. The average Bonchev–Trinajstić information content (AvgIpc) is 3.08. The van der Waals surface area contributed by atoms with Crippen LogP contribution in [0.1, 0.15) is 10.5 Å². The topological polar surface area (TPSA) is 63.1 Å². The molecule has 0 radical (unpaired) electrons. The van der Waals surface area contributed by atoms with Gasteiger partial charge in [0.25, 0.3) is 0 Å². The zero-order valence-corrected chi connectivity index (χ0v) is 11.2. The molecule has 0 spiro atoms. The Morgan fingerprint density at radius 2 is 2.00 bits per heavy atom. The number of carboxylic acids is 1. The summed E-state index contributed by atoms with van der Waals surface area (Å²) in [6, 6.07) is 9.41. The van der Waals surface area contributed by atoms with Gasteiger partial charge in [0.2, 0.25) is 0 Å². The summed E-state index contributed by atoms with van der Waals surface area (Å²) in [4.78, 5) is 20.3. The lowest BCUT2D eigenvalue weighted by molar-refractivity contribution is 0.0692. The number of nitrogens with zero attached hydrogens (tertiary/aromatic N) is 2. The minimum absolute atomic E-state index is 0.0826. The van der Waals surface area contributed by atoms with Crippen LogP contribution in [0.5, 0.6) is 0 Å². The number of aromatic carboxylic acids is 1. The summed E-state index contributed by atoms with van der Waals surface area (Å²) in [6.07, 6.45) is 0. The summed E-state index contributed by atoms with van der Waals surface area (Å²) in [5.41, 5.74) is 3.37. The minimum atomic E-state index is -1.02.